The molecule has 0 bridgehead atoms. The molecule has 3 aromatic rings. The Hall–Kier alpha value is -2.98. The van der Waals surface area contributed by atoms with Gasteiger partial charge in [0.25, 0.3) is 0 Å². The highest BCUT2D eigenvalue weighted by Gasteiger charge is 2.29. The highest BCUT2D eigenvalue weighted by atomic mass is 32.2. The molecule has 0 amide bonds. The van der Waals surface area contributed by atoms with Gasteiger partial charge in [-0.25, -0.2) is 12.8 Å². The molecule has 2 heterocycles. The number of nitriles is 1. The van der Waals surface area contributed by atoms with Gasteiger partial charge in [-0.15, -0.1) is 0 Å². The first-order chi connectivity index (χ1) is 13.9. The first-order valence-electron chi connectivity index (χ1n) is 9.48. The van der Waals surface area contributed by atoms with Gasteiger partial charge in [-0.05, 0) is 55.2 Å². The number of fused-ring (bicyclic) bond motifs is 1. The SMILES string of the molecule is CC1CCN(c2c(S(=O)(=O)c3cccc(C#N)c3)cnc3ccc(F)cc23)CC1. The van der Waals surface area contributed by atoms with E-state index in [4.69, 9.17) is 5.26 Å². The second-order valence-corrected chi connectivity index (χ2v) is 9.36. The van der Waals surface area contributed by atoms with Gasteiger partial charge in [0.15, 0.2) is 0 Å². The summed E-state index contributed by atoms with van der Waals surface area (Å²) in [4.78, 5) is 6.38. The van der Waals surface area contributed by atoms with Gasteiger partial charge in [0, 0.05) is 24.7 Å². The lowest BCUT2D eigenvalue weighted by atomic mass is 9.98. The maximum Gasteiger partial charge on any atom is 0.210 e. The Bertz CT molecular complexity index is 1230. The van der Waals surface area contributed by atoms with E-state index in [0.29, 0.717) is 35.6 Å². The van der Waals surface area contributed by atoms with Crippen LogP contribution in [0.15, 0.2) is 58.5 Å². The Morgan fingerprint density at radius 2 is 1.93 bits per heavy atom. The Morgan fingerprint density at radius 1 is 1.17 bits per heavy atom. The largest absolute Gasteiger partial charge is 0.370 e. The molecule has 1 aliphatic rings. The predicted octanol–water partition coefficient (Wildman–Crippen LogP) is 4.31. The summed E-state index contributed by atoms with van der Waals surface area (Å²) in [6, 6.07) is 12.1. The molecule has 0 unspecified atom stereocenters. The van der Waals surface area contributed by atoms with Crippen molar-refractivity contribution in [1.29, 1.82) is 5.26 Å². The molecular weight excluding hydrogens is 389 g/mol. The number of benzene rings is 2. The summed E-state index contributed by atoms with van der Waals surface area (Å²) in [5.74, 6) is 0.121. The maximum absolute atomic E-state index is 14.1. The van der Waals surface area contributed by atoms with Crippen molar-refractivity contribution in [2.75, 3.05) is 18.0 Å². The van der Waals surface area contributed by atoms with Crippen LogP contribution in [-0.2, 0) is 9.84 Å². The van der Waals surface area contributed by atoms with E-state index in [2.05, 4.69) is 11.9 Å². The first-order valence-corrected chi connectivity index (χ1v) is 11.0. The van der Waals surface area contributed by atoms with E-state index in [1.165, 1.54) is 30.5 Å². The van der Waals surface area contributed by atoms with Gasteiger partial charge in [0.1, 0.15) is 10.7 Å². The van der Waals surface area contributed by atoms with Crippen LogP contribution in [0.1, 0.15) is 25.3 Å². The third-order valence-electron chi connectivity index (χ3n) is 5.43. The Balaban J connectivity index is 1.96. The fourth-order valence-corrected chi connectivity index (χ4v) is 5.23. The average Bonchev–Trinajstić information content (AvgIpc) is 2.73. The van der Waals surface area contributed by atoms with Gasteiger partial charge < -0.3 is 4.90 Å². The third-order valence-corrected chi connectivity index (χ3v) is 7.18. The van der Waals surface area contributed by atoms with Crippen LogP contribution in [0, 0.1) is 23.1 Å². The highest BCUT2D eigenvalue weighted by molar-refractivity contribution is 7.91. The standard InChI is InChI=1S/C22H20FN3O2S/c1-15-7-9-26(10-8-15)22-19-12-17(23)5-6-20(19)25-14-21(22)29(27,28)18-4-2-3-16(11-18)13-24/h2-6,11-12,14-15H,7-10H2,1H3. The molecular formula is C22H20FN3O2S. The molecule has 0 aliphatic carbocycles. The summed E-state index contributed by atoms with van der Waals surface area (Å²) in [6.07, 6.45) is 3.22. The first kappa shape index (κ1) is 19.3. The number of aromatic nitrogens is 1. The minimum absolute atomic E-state index is 0.0285. The molecule has 0 N–H and O–H groups in total. The molecule has 2 aromatic carbocycles. The predicted molar refractivity (Wildman–Crippen MR) is 109 cm³/mol. The van der Waals surface area contributed by atoms with Gasteiger partial charge in [-0.1, -0.05) is 13.0 Å². The quantitative estimate of drug-likeness (QED) is 0.644. The van der Waals surface area contributed by atoms with Crippen LogP contribution in [0.25, 0.3) is 10.9 Å². The van der Waals surface area contributed by atoms with E-state index in [-0.39, 0.29) is 15.4 Å². The van der Waals surface area contributed by atoms with E-state index in [1.807, 2.05) is 11.0 Å². The number of hydrogen-bond acceptors (Lipinski definition) is 5. The van der Waals surface area contributed by atoms with Crippen molar-refractivity contribution in [3.8, 4) is 6.07 Å². The number of nitrogens with zero attached hydrogens (tertiary/aromatic N) is 3. The molecule has 1 fully saturated rings. The molecule has 1 saturated heterocycles. The van der Waals surface area contributed by atoms with Crippen molar-refractivity contribution in [1.82, 2.24) is 4.98 Å². The number of halogens is 1. The summed E-state index contributed by atoms with van der Waals surface area (Å²) in [5, 5.41) is 9.63. The number of anilines is 1. The molecule has 1 aromatic heterocycles. The molecule has 5 nitrogen and oxygen atoms in total. The molecule has 1 aliphatic heterocycles. The van der Waals surface area contributed by atoms with Crippen molar-refractivity contribution in [2.45, 2.75) is 29.6 Å². The maximum atomic E-state index is 14.1. The molecule has 148 valence electrons. The molecule has 7 heteroatoms. The van der Waals surface area contributed by atoms with Crippen molar-refractivity contribution in [3.05, 3.63) is 60.0 Å². The van der Waals surface area contributed by atoms with Gasteiger partial charge in [-0.3, -0.25) is 4.98 Å². The minimum Gasteiger partial charge on any atom is -0.370 e. The van der Waals surface area contributed by atoms with Crippen molar-refractivity contribution in [3.63, 3.8) is 0 Å². The number of piperidine rings is 1. The van der Waals surface area contributed by atoms with E-state index in [0.717, 1.165) is 12.8 Å². The monoisotopic (exact) mass is 409 g/mol. The van der Waals surface area contributed by atoms with E-state index >= 15 is 0 Å². The zero-order valence-corrected chi connectivity index (χ0v) is 16.8. The Kier molecular flexibility index (Phi) is 4.97. The average molecular weight is 409 g/mol. The topological polar surface area (TPSA) is 74.1 Å². The van der Waals surface area contributed by atoms with Crippen LogP contribution in [0.4, 0.5) is 10.1 Å². The van der Waals surface area contributed by atoms with Crippen molar-refractivity contribution < 1.29 is 12.8 Å². The summed E-state index contributed by atoms with van der Waals surface area (Å²) in [7, 11) is -3.95. The van der Waals surface area contributed by atoms with Crippen LogP contribution < -0.4 is 4.90 Å². The Labute approximate surface area is 169 Å². The van der Waals surface area contributed by atoms with Crippen molar-refractivity contribution in [2.24, 2.45) is 5.92 Å². The molecule has 0 radical (unpaired) electrons. The summed E-state index contributed by atoms with van der Waals surface area (Å²) < 4.78 is 41.0. The van der Waals surface area contributed by atoms with E-state index < -0.39 is 15.7 Å². The molecule has 4 rings (SSSR count). The number of pyridine rings is 1. The third kappa shape index (κ3) is 3.56. The van der Waals surface area contributed by atoms with E-state index in [9.17, 15) is 12.8 Å². The van der Waals surface area contributed by atoms with Gasteiger partial charge in [-0.2, -0.15) is 5.26 Å². The van der Waals surface area contributed by atoms with Crippen LogP contribution >= 0.6 is 0 Å². The van der Waals surface area contributed by atoms with Crippen LogP contribution in [0.3, 0.4) is 0 Å². The molecule has 29 heavy (non-hydrogen) atoms. The van der Waals surface area contributed by atoms with E-state index in [1.54, 1.807) is 18.2 Å². The lowest BCUT2D eigenvalue weighted by molar-refractivity contribution is 0.437. The molecule has 0 saturated carbocycles. The zero-order chi connectivity index (χ0) is 20.6. The smallest absolute Gasteiger partial charge is 0.210 e. The van der Waals surface area contributed by atoms with Gasteiger partial charge in [0.2, 0.25) is 9.84 Å². The highest BCUT2D eigenvalue weighted by Crippen LogP contribution is 2.38. The van der Waals surface area contributed by atoms with Crippen LogP contribution in [0.2, 0.25) is 0 Å². The van der Waals surface area contributed by atoms with Crippen molar-refractivity contribution >= 4 is 26.4 Å². The number of hydrogen-bond donors (Lipinski definition) is 0. The summed E-state index contributed by atoms with van der Waals surface area (Å²) in [5.41, 5.74) is 1.30. The van der Waals surface area contributed by atoms with Crippen LogP contribution in [-0.4, -0.2) is 26.5 Å². The normalized spacial score (nSPS) is 15.4. The summed E-state index contributed by atoms with van der Waals surface area (Å²) >= 11 is 0. The summed E-state index contributed by atoms with van der Waals surface area (Å²) in [6.45, 7) is 3.56. The number of rotatable bonds is 3. The van der Waals surface area contributed by atoms with Gasteiger partial charge >= 0.3 is 0 Å². The molecule has 0 spiro atoms. The Morgan fingerprint density at radius 3 is 2.66 bits per heavy atom. The number of sulfone groups is 1. The fraction of sp³-hybridized carbons (Fsp3) is 0.273. The lowest BCUT2D eigenvalue weighted by Crippen LogP contribution is -2.34. The lowest BCUT2D eigenvalue weighted by Gasteiger charge is -2.34. The second-order valence-electron chi connectivity index (χ2n) is 7.45. The second kappa shape index (κ2) is 7.45. The zero-order valence-electron chi connectivity index (χ0n) is 16.0. The fourth-order valence-electron chi connectivity index (χ4n) is 3.75. The minimum atomic E-state index is -3.95. The van der Waals surface area contributed by atoms with Gasteiger partial charge in [0.05, 0.1) is 27.7 Å². The molecule has 0 atom stereocenters. The van der Waals surface area contributed by atoms with Crippen LogP contribution in [0.5, 0.6) is 0 Å².